The lowest BCUT2D eigenvalue weighted by Crippen LogP contribution is -2.48. The van der Waals surface area contributed by atoms with Gasteiger partial charge in [0.05, 0.1) is 0 Å². The smallest absolute Gasteiger partial charge is 0.240 e. The number of carbonyl (C=O) groups excluding carboxylic acids is 2. The molecule has 0 saturated heterocycles. The molecule has 1 atom stereocenters. The molecule has 0 aliphatic rings. The average Bonchev–Trinajstić information content (AvgIpc) is 2.62. The van der Waals surface area contributed by atoms with Gasteiger partial charge >= 0.3 is 0 Å². The van der Waals surface area contributed by atoms with Crippen molar-refractivity contribution in [1.29, 1.82) is 0 Å². The molecule has 2 aromatic rings. The van der Waals surface area contributed by atoms with Crippen molar-refractivity contribution in [3.05, 3.63) is 71.8 Å². The van der Waals surface area contributed by atoms with Crippen molar-refractivity contribution in [3.63, 3.8) is 0 Å². The molecule has 0 saturated carbocycles. The largest absolute Gasteiger partial charge is 0.368 e. The summed E-state index contributed by atoms with van der Waals surface area (Å²) < 4.78 is 0. The zero-order valence-electron chi connectivity index (χ0n) is 15.5. The maximum Gasteiger partial charge on any atom is 0.240 e. The quantitative estimate of drug-likeness (QED) is 0.728. The standard InChI is InChI=1S/C22H28N2O2/c1-16(2)13-20(21(23)25)24-22(26)19(14-17-9-5-3-6-10-17)15-18-11-7-4-8-12-18/h3-12,16,19-20H,13-15H2,1-2H3,(H2,23,25)(H,24,26). The number of primary amides is 1. The normalized spacial score (nSPS) is 12.2. The lowest BCUT2D eigenvalue weighted by Gasteiger charge is -2.22. The molecular formula is C22H28N2O2. The van der Waals surface area contributed by atoms with Gasteiger partial charge < -0.3 is 11.1 Å². The first-order valence-electron chi connectivity index (χ1n) is 9.13. The van der Waals surface area contributed by atoms with E-state index in [0.717, 1.165) is 11.1 Å². The minimum atomic E-state index is -0.628. The van der Waals surface area contributed by atoms with E-state index in [2.05, 4.69) is 5.32 Å². The Kier molecular flexibility index (Phi) is 7.39. The van der Waals surface area contributed by atoms with E-state index in [4.69, 9.17) is 5.73 Å². The summed E-state index contributed by atoms with van der Waals surface area (Å²) in [6.07, 6.45) is 1.79. The van der Waals surface area contributed by atoms with Gasteiger partial charge in [0, 0.05) is 5.92 Å². The van der Waals surface area contributed by atoms with Gasteiger partial charge in [-0.05, 0) is 36.3 Å². The van der Waals surface area contributed by atoms with Crippen LogP contribution >= 0.6 is 0 Å². The van der Waals surface area contributed by atoms with Crippen molar-refractivity contribution >= 4 is 11.8 Å². The number of benzene rings is 2. The van der Waals surface area contributed by atoms with Crippen LogP contribution in [0.4, 0.5) is 0 Å². The predicted molar refractivity (Wildman–Crippen MR) is 104 cm³/mol. The van der Waals surface area contributed by atoms with E-state index in [1.54, 1.807) is 0 Å². The third-order valence-electron chi connectivity index (χ3n) is 4.39. The third-order valence-corrected chi connectivity index (χ3v) is 4.39. The van der Waals surface area contributed by atoms with E-state index in [1.165, 1.54) is 0 Å². The molecule has 0 aromatic heterocycles. The highest BCUT2D eigenvalue weighted by atomic mass is 16.2. The Bertz CT molecular complexity index is 657. The van der Waals surface area contributed by atoms with Crippen LogP contribution in [-0.4, -0.2) is 17.9 Å². The highest BCUT2D eigenvalue weighted by molar-refractivity contribution is 5.87. The summed E-state index contributed by atoms with van der Waals surface area (Å²) in [6.45, 7) is 4.01. The van der Waals surface area contributed by atoms with Crippen molar-refractivity contribution in [2.45, 2.75) is 39.2 Å². The molecule has 138 valence electrons. The fourth-order valence-electron chi connectivity index (χ4n) is 3.06. The fraction of sp³-hybridized carbons (Fsp3) is 0.364. The van der Waals surface area contributed by atoms with Gasteiger partial charge in [-0.2, -0.15) is 0 Å². The second kappa shape index (κ2) is 9.76. The number of nitrogens with one attached hydrogen (secondary N) is 1. The van der Waals surface area contributed by atoms with Crippen LogP contribution in [0.5, 0.6) is 0 Å². The Morgan fingerprint density at radius 1 is 0.885 bits per heavy atom. The van der Waals surface area contributed by atoms with Crippen LogP contribution in [0.1, 0.15) is 31.4 Å². The highest BCUT2D eigenvalue weighted by Gasteiger charge is 2.25. The van der Waals surface area contributed by atoms with Crippen LogP contribution in [0.15, 0.2) is 60.7 Å². The first-order valence-corrected chi connectivity index (χ1v) is 9.13. The summed E-state index contributed by atoms with van der Waals surface area (Å²) >= 11 is 0. The van der Waals surface area contributed by atoms with Gasteiger partial charge in [-0.3, -0.25) is 9.59 Å². The molecule has 0 aliphatic heterocycles. The molecule has 2 amide bonds. The van der Waals surface area contributed by atoms with Crippen molar-refractivity contribution in [1.82, 2.24) is 5.32 Å². The second-order valence-corrected chi connectivity index (χ2v) is 7.17. The van der Waals surface area contributed by atoms with Crippen molar-refractivity contribution in [3.8, 4) is 0 Å². The number of hydrogen-bond donors (Lipinski definition) is 2. The molecule has 0 fully saturated rings. The number of rotatable bonds is 9. The fourth-order valence-corrected chi connectivity index (χ4v) is 3.06. The zero-order valence-corrected chi connectivity index (χ0v) is 15.5. The van der Waals surface area contributed by atoms with E-state index in [1.807, 2.05) is 74.5 Å². The van der Waals surface area contributed by atoms with E-state index < -0.39 is 11.9 Å². The van der Waals surface area contributed by atoms with Gasteiger partial charge in [-0.25, -0.2) is 0 Å². The minimum absolute atomic E-state index is 0.123. The van der Waals surface area contributed by atoms with Crippen LogP contribution in [0.25, 0.3) is 0 Å². The molecule has 0 heterocycles. The number of nitrogens with two attached hydrogens (primary N) is 1. The Hall–Kier alpha value is -2.62. The minimum Gasteiger partial charge on any atom is -0.368 e. The van der Waals surface area contributed by atoms with Crippen molar-refractivity contribution in [2.75, 3.05) is 0 Å². The molecule has 1 unspecified atom stereocenters. The zero-order chi connectivity index (χ0) is 18.9. The number of amides is 2. The number of hydrogen-bond acceptors (Lipinski definition) is 2. The summed E-state index contributed by atoms with van der Waals surface area (Å²) in [5, 5.41) is 2.87. The lowest BCUT2D eigenvalue weighted by molar-refractivity contribution is -0.130. The van der Waals surface area contributed by atoms with E-state index >= 15 is 0 Å². The molecular weight excluding hydrogens is 324 g/mol. The first-order chi connectivity index (χ1) is 12.5. The second-order valence-electron chi connectivity index (χ2n) is 7.17. The van der Waals surface area contributed by atoms with E-state index in [0.29, 0.717) is 19.3 Å². The van der Waals surface area contributed by atoms with Crippen LogP contribution in [-0.2, 0) is 22.4 Å². The maximum absolute atomic E-state index is 12.9. The lowest BCUT2D eigenvalue weighted by atomic mass is 9.91. The van der Waals surface area contributed by atoms with Crippen LogP contribution in [0.2, 0.25) is 0 Å². The molecule has 2 aromatic carbocycles. The molecule has 2 rings (SSSR count). The van der Waals surface area contributed by atoms with Crippen LogP contribution in [0, 0.1) is 11.8 Å². The van der Waals surface area contributed by atoms with E-state index in [9.17, 15) is 9.59 Å². The van der Waals surface area contributed by atoms with Crippen LogP contribution < -0.4 is 11.1 Å². The van der Waals surface area contributed by atoms with Gasteiger partial charge in [0.25, 0.3) is 0 Å². The van der Waals surface area contributed by atoms with E-state index in [-0.39, 0.29) is 17.7 Å². The summed E-state index contributed by atoms with van der Waals surface area (Å²) in [5.41, 5.74) is 7.69. The third kappa shape index (κ3) is 6.36. The summed E-state index contributed by atoms with van der Waals surface area (Å²) in [5.74, 6) is -0.587. The van der Waals surface area contributed by atoms with Gasteiger partial charge in [-0.1, -0.05) is 74.5 Å². The summed E-state index contributed by atoms with van der Waals surface area (Å²) in [4.78, 5) is 24.6. The van der Waals surface area contributed by atoms with Gasteiger partial charge in [0.15, 0.2) is 0 Å². The Labute approximate surface area is 155 Å². The topological polar surface area (TPSA) is 72.2 Å². The Morgan fingerprint density at radius 2 is 1.35 bits per heavy atom. The SMILES string of the molecule is CC(C)CC(NC(=O)C(Cc1ccccc1)Cc1ccccc1)C(N)=O. The van der Waals surface area contributed by atoms with Crippen molar-refractivity contribution in [2.24, 2.45) is 17.6 Å². The summed E-state index contributed by atoms with van der Waals surface area (Å²) in [6, 6.07) is 19.2. The predicted octanol–water partition coefficient (Wildman–Crippen LogP) is 3.10. The average molecular weight is 352 g/mol. The van der Waals surface area contributed by atoms with Crippen molar-refractivity contribution < 1.29 is 9.59 Å². The Morgan fingerprint density at radius 3 is 1.73 bits per heavy atom. The Balaban J connectivity index is 2.15. The molecule has 26 heavy (non-hydrogen) atoms. The number of carbonyl (C=O) groups is 2. The molecule has 0 radical (unpaired) electrons. The maximum atomic E-state index is 12.9. The molecule has 4 nitrogen and oxygen atoms in total. The van der Waals surface area contributed by atoms with Gasteiger partial charge in [-0.15, -0.1) is 0 Å². The molecule has 0 aliphatic carbocycles. The van der Waals surface area contributed by atoms with Gasteiger partial charge in [0.1, 0.15) is 6.04 Å². The monoisotopic (exact) mass is 352 g/mol. The van der Waals surface area contributed by atoms with Crippen LogP contribution in [0.3, 0.4) is 0 Å². The summed E-state index contributed by atoms with van der Waals surface area (Å²) in [7, 11) is 0. The molecule has 3 N–H and O–H groups in total. The first kappa shape index (κ1) is 19.7. The molecule has 4 heteroatoms. The molecule has 0 spiro atoms. The molecule has 0 bridgehead atoms. The van der Waals surface area contributed by atoms with Gasteiger partial charge in [0.2, 0.25) is 11.8 Å². The highest BCUT2D eigenvalue weighted by Crippen LogP contribution is 2.16.